The fraction of sp³-hybridized carbons (Fsp3) is 0.800. The Morgan fingerprint density at radius 3 is 2.71 bits per heavy atom. The zero-order valence-electron chi connectivity index (χ0n) is 12.5. The second-order valence-electron chi connectivity index (χ2n) is 6.46. The molecule has 6 heteroatoms. The first-order valence-corrected chi connectivity index (χ1v) is 9.64. The van der Waals surface area contributed by atoms with Gasteiger partial charge in [0.25, 0.3) is 0 Å². The molecule has 3 rings (SSSR count). The SMILES string of the molecule is O=S(=O)(C1CCCCC1)N1CCC[C@H](Cc2ccn[nH]2)C1. The molecule has 1 N–H and O–H groups in total. The number of H-pyrrole nitrogens is 1. The van der Waals surface area contributed by atoms with Crippen molar-refractivity contribution in [2.45, 2.75) is 56.6 Å². The van der Waals surface area contributed by atoms with Crippen LogP contribution in [0.3, 0.4) is 0 Å². The summed E-state index contributed by atoms with van der Waals surface area (Å²) < 4.78 is 27.4. The summed E-state index contributed by atoms with van der Waals surface area (Å²) in [7, 11) is -3.09. The summed E-state index contributed by atoms with van der Waals surface area (Å²) in [6.45, 7) is 1.39. The molecule has 1 aromatic heterocycles. The van der Waals surface area contributed by atoms with Crippen molar-refractivity contribution in [1.82, 2.24) is 14.5 Å². The lowest BCUT2D eigenvalue weighted by Gasteiger charge is -2.35. The van der Waals surface area contributed by atoms with Gasteiger partial charge >= 0.3 is 0 Å². The highest BCUT2D eigenvalue weighted by atomic mass is 32.2. The van der Waals surface area contributed by atoms with Gasteiger partial charge in [-0.2, -0.15) is 5.10 Å². The van der Waals surface area contributed by atoms with Gasteiger partial charge in [-0.15, -0.1) is 0 Å². The van der Waals surface area contributed by atoms with E-state index in [4.69, 9.17) is 0 Å². The molecule has 1 atom stereocenters. The van der Waals surface area contributed by atoms with Crippen LogP contribution >= 0.6 is 0 Å². The average molecular weight is 311 g/mol. The van der Waals surface area contributed by atoms with Gasteiger partial charge in [0.2, 0.25) is 10.0 Å². The maximum atomic E-state index is 12.8. The molecule has 1 aliphatic carbocycles. The van der Waals surface area contributed by atoms with Gasteiger partial charge in [0, 0.05) is 25.0 Å². The number of aromatic amines is 1. The van der Waals surface area contributed by atoms with Gasteiger partial charge < -0.3 is 0 Å². The standard InChI is InChI=1S/C15H25N3O2S/c19-21(20,15-6-2-1-3-7-15)18-10-4-5-13(12-18)11-14-8-9-16-17-14/h8-9,13,15H,1-7,10-12H2,(H,16,17)/t13-/m1/s1. The molecule has 0 radical (unpaired) electrons. The van der Waals surface area contributed by atoms with Crippen molar-refractivity contribution in [2.75, 3.05) is 13.1 Å². The lowest BCUT2D eigenvalue weighted by molar-refractivity contribution is 0.259. The lowest BCUT2D eigenvalue weighted by Crippen LogP contribution is -2.45. The Balaban J connectivity index is 1.64. The zero-order valence-corrected chi connectivity index (χ0v) is 13.3. The molecule has 1 saturated heterocycles. The van der Waals surface area contributed by atoms with Crippen LogP contribution in [0.1, 0.15) is 50.6 Å². The maximum Gasteiger partial charge on any atom is 0.216 e. The van der Waals surface area contributed by atoms with Crippen LogP contribution in [0.4, 0.5) is 0 Å². The smallest absolute Gasteiger partial charge is 0.216 e. The highest BCUT2D eigenvalue weighted by molar-refractivity contribution is 7.89. The maximum absolute atomic E-state index is 12.8. The van der Waals surface area contributed by atoms with E-state index >= 15 is 0 Å². The van der Waals surface area contributed by atoms with Crippen LogP contribution in [-0.4, -0.2) is 41.3 Å². The Morgan fingerprint density at radius 1 is 1.19 bits per heavy atom. The zero-order chi connectivity index (χ0) is 14.7. The summed E-state index contributed by atoms with van der Waals surface area (Å²) in [5.41, 5.74) is 1.11. The number of rotatable bonds is 4. The van der Waals surface area contributed by atoms with Crippen LogP contribution < -0.4 is 0 Å². The fourth-order valence-electron chi connectivity index (χ4n) is 3.71. The van der Waals surface area contributed by atoms with E-state index in [1.165, 1.54) is 6.42 Å². The molecular weight excluding hydrogens is 286 g/mol. The van der Waals surface area contributed by atoms with Crippen molar-refractivity contribution >= 4 is 10.0 Å². The number of nitrogens with zero attached hydrogens (tertiary/aromatic N) is 2. The summed E-state index contributed by atoms with van der Waals surface area (Å²) in [5, 5.41) is 6.83. The summed E-state index contributed by atoms with van der Waals surface area (Å²) in [6, 6.07) is 1.98. The van der Waals surface area contributed by atoms with Gasteiger partial charge in [0.1, 0.15) is 0 Å². The van der Waals surface area contributed by atoms with Gasteiger partial charge in [0.15, 0.2) is 0 Å². The Morgan fingerprint density at radius 2 is 2.00 bits per heavy atom. The minimum Gasteiger partial charge on any atom is -0.283 e. The number of hydrogen-bond acceptors (Lipinski definition) is 3. The molecule has 2 fully saturated rings. The first kappa shape index (κ1) is 15.0. The highest BCUT2D eigenvalue weighted by Crippen LogP contribution is 2.29. The molecule has 2 heterocycles. The molecule has 1 saturated carbocycles. The number of nitrogens with one attached hydrogen (secondary N) is 1. The molecule has 118 valence electrons. The predicted octanol–water partition coefficient (Wildman–Crippen LogP) is 2.33. The average Bonchev–Trinajstić information content (AvgIpc) is 3.01. The van der Waals surface area contributed by atoms with E-state index in [2.05, 4.69) is 10.2 Å². The third-order valence-corrected chi connectivity index (χ3v) is 7.25. The van der Waals surface area contributed by atoms with Gasteiger partial charge in [0.05, 0.1) is 5.25 Å². The molecule has 0 aromatic carbocycles. The highest BCUT2D eigenvalue weighted by Gasteiger charge is 2.35. The quantitative estimate of drug-likeness (QED) is 0.928. The molecule has 5 nitrogen and oxygen atoms in total. The molecule has 1 aromatic rings. The number of hydrogen-bond donors (Lipinski definition) is 1. The van der Waals surface area contributed by atoms with Gasteiger partial charge in [-0.1, -0.05) is 19.3 Å². The summed E-state index contributed by atoms with van der Waals surface area (Å²) in [4.78, 5) is 0. The van der Waals surface area contributed by atoms with E-state index in [-0.39, 0.29) is 5.25 Å². The van der Waals surface area contributed by atoms with Gasteiger partial charge in [-0.05, 0) is 44.1 Å². The van der Waals surface area contributed by atoms with Crippen LogP contribution in [0.15, 0.2) is 12.3 Å². The minimum absolute atomic E-state index is 0.128. The van der Waals surface area contributed by atoms with Gasteiger partial charge in [-0.3, -0.25) is 5.10 Å². The lowest BCUT2D eigenvalue weighted by atomic mass is 9.95. The van der Waals surface area contributed by atoms with Crippen molar-refractivity contribution in [3.05, 3.63) is 18.0 Å². The normalized spacial score (nSPS) is 26.0. The van der Waals surface area contributed by atoms with Crippen LogP contribution in [0.25, 0.3) is 0 Å². The molecule has 0 bridgehead atoms. The Kier molecular flexibility index (Phi) is 4.64. The summed E-state index contributed by atoms with van der Waals surface area (Å²) >= 11 is 0. The topological polar surface area (TPSA) is 66.1 Å². The van der Waals surface area contributed by atoms with E-state index in [0.717, 1.165) is 50.6 Å². The Bertz CT molecular complexity index is 535. The monoisotopic (exact) mass is 311 g/mol. The van der Waals surface area contributed by atoms with Crippen molar-refractivity contribution in [3.8, 4) is 0 Å². The number of piperidine rings is 1. The number of sulfonamides is 1. The molecule has 0 spiro atoms. The molecule has 2 aliphatic rings. The van der Waals surface area contributed by atoms with E-state index in [0.29, 0.717) is 19.0 Å². The van der Waals surface area contributed by atoms with Crippen molar-refractivity contribution < 1.29 is 8.42 Å². The Hall–Kier alpha value is -0.880. The van der Waals surface area contributed by atoms with Crippen LogP contribution in [0.2, 0.25) is 0 Å². The Labute approximate surface area is 127 Å². The molecule has 21 heavy (non-hydrogen) atoms. The molecule has 0 amide bonds. The fourth-order valence-corrected chi connectivity index (χ4v) is 5.86. The second kappa shape index (κ2) is 6.48. The molecular formula is C15H25N3O2S. The largest absolute Gasteiger partial charge is 0.283 e. The molecule has 0 unspecified atom stereocenters. The van der Waals surface area contributed by atoms with Crippen LogP contribution in [0.5, 0.6) is 0 Å². The third-order valence-electron chi connectivity index (χ3n) is 4.88. The first-order chi connectivity index (χ1) is 10.2. The third kappa shape index (κ3) is 3.48. The van der Waals surface area contributed by atoms with Crippen LogP contribution in [0, 0.1) is 5.92 Å². The first-order valence-electron chi connectivity index (χ1n) is 8.13. The van der Waals surface area contributed by atoms with E-state index in [1.807, 2.05) is 6.07 Å². The number of aromatic nitrogens is 2. The second-order valence-corrected chi connectivity index (χ2v) is 8.67. The van der Waals surface area contributed by atoms with Crippen molar-refractivity contribution in [2.24, 2.45) is 5.92 Å². The predicted molar refractivity (Wildman–Crippen MR) is 82.4 cm³/mol. The van der Waals surface area contributed by atoms with Crippen LogP contribution in [-0.2, 0) is 16.4 Å². The van der Waals surface area contributed by atoms with E-state index in [9.17, 15) is 8.42 Å². The molecule has 1 aliphatic heterocycles. The van der Waals surface area contributed by atoms with Crippen molar-refractivity contribution in [1.29, 1.82) is 0 Å². The van der Waals surface area contributed by atoms with Crippen molar-refractivity contribution in [3.63, 3.8) is 0 Å². The summed E-state index contributed by atoms with van der Waals surface area (Å²) in [6.07, 6.45) is 9.76. The summed E-state index contributed by atoms with van der Waals surface area (Å²) in [5.74, 6) is 0.414. The van der Waals surface area contributed by atoms with E-state index < -0.39 is 10.0 Å². The van der Waals surface area contributed by atoms with E-state index in [1.54, 1.807) is 10.5 Å². The minimum atomic E-state index is -3.09. The van der Waals surface area contributed by atoms with Gasteiger partial charge in [-0.25, -0.2) is 12.7 Å².